The molecule has 8 heteroatoms. The van der Waals surface area contributed by atoms with Crippen LogP contribution in [-0.2, 0) is 11.8 Å². The van der Waals surface area contributed by atoms with Crippen LogP contribution in [0.15, 0.2) is 24.7 Å². The van der Waals surface area contributed by atoms with E-state index in [1.165, 1.54) is 36.3 Å². The number of aryl methyl sites for hydroxylation is 1. The van der Waals surface area contributed by atoms with Gasteiger partial charge in [0.05, 0.1) is 6.20 Å². The van der Waals surface area contributed by atoms with Gasteiger partial charge in [-0.2, -0.15) is 5.10 Å². The number of aromatic nitrogens is 3. The number of ketones is 1. The number of nitrogens with zero attached hydrogens (tertiary/aromatic N) is 2. The van der Waals surface area contributed by atoms with Gasteiger partial charge in [-0.1, -0.05) is 0 Å². The molecule has 110 valence electrons. The SMILES string of the molecule is CC(=O)c1c[nH]c(C(=O)NC(C(=O)O)c2cnn(C)c2)c1. The Morgan fingerprint density at radius 2 is 2.14 bits per heavy atom. The molecule has 1 atom stereocenters. The van der Waals surface area contributed by atoms with Crippen LogP contribution in [0.3, 0.4) is 0 Å². The number of Topliss-reactive ketones (excluding diaryl/α,β-unsaturated/α-hetero) is 1. The second-order valence-electron chi connectivity index (χ2n) is 4.55. The zero-order chi connectivity index (χ0) is 15.6. The van der Waals surface area contributed by atoms with E-state index in [1.807, 2.05) is 0 Å². The normalized spacial score (nSPS) is 11.9. The number of carbonyl (C=O) groups is 3. The molecule has 2 aromatic heterocycles. The van der Waals surface area contributed by atoms with Crippen molar-refractivity contribution in [3.63, 3.8) is 0 Å². The molecular weight excluding hydrogens is 276 g/mol. The van der Waals surface area contributed by atoms with Gasteiger partial charge in [-0.25, -0.2) is 4.79 Å². The number of carbonyl (C=O) groups excluding carboxylic acids is 2. The van der Waals surface area contributed by atoms with Crippen molar-refractivity contribution in [3.05, 3.63) is 41.5 Å². The first-order valence-corrected chi connectivity index (χ1v) is 6.10. The summed E-state index contributed by atoms with van der Waals surface area (Å²) in [4.78, 5) is 37.1. The maximum atomic E-state index is 12.0. The first-order valence-electron chi connectivity index (χ1n) is 6.10. The second kappa shape index (κ2) is 5.61. The van der Waals surface area contributed by atoms with Crippen molar-refractivity contribution in [2.75, 3.05) is 0 Å². The van der Waals surface area contributed by atoms with Crippen molar-refractivity contribution < 1.29 is 19.5 Å². The third-order valence-corrected chi connectivity index (χ3v) is 2.91. The van der Waals surface area contributed by atoms with Crippen LogP contribution >= 0.6 is 0 Å². The van der Waals surface area contributed by atoms with Crippen molar-refractivity contribution >= 4 is 17.7 Å². The molecule has 3 N–H and O–H groups in total. The van der Waals surface area contributed by atoms with Crippen molar-refractivity contribution in [2.24, 2.45) is 7.05 Å². The molecule has 1 unspecified atom stereocenters. The van der Waals surface area contributed by atoms with Gasteiger partial charge in [0.15, 0.2) is 11.8 Å². The summed E-state index contributed by atoms with van der Waals surface area (Å²) in [5.41, 5.74) is 0.834. The Morgan fingerprint density at radius 1 is 1.43 bits per heavy atom. The lowest BCUT2D eigenvalue weighted by Crippen LogP contribution is -2.33. The zero-order valence-electron chi connectivity index (χ0n) is 11.5. The van der Waals surface area contributed by atoms with Gasteiger partial charge in [-0.3, -0.25) is 14.3 Å². The number of hydrogen-bond acceptors (Lipinski definition) is 4. The first-order chi connectivity index (χ1) is 9.88. The average Bonchev–Trinajstić information content (AvgIpc) is 3.04. The topological polar surface area (TPSA) is 117 Å². The quantitative estimate of drug-likeness (QED) is 0.693. The minimum absolute atomic E-state index is 0.121. The summed E-state index contributed by atoms with van der Waals surface area (Å²) in [6.45, 7) is 1.38. The molecule has 0 aromatic carbocycles. The first kappa shape index (κ1) is 14.5. The monoisotopic (exact) mass is 290 g/mol. The molecule has 2 aromatic rings. The molecule has 0 fully saturated rings. The van der Waals surface area contributed by atoms with E-state index in [0.29, 0.717) is 11.1 Å². The van der Waals surface area contributed by atoms with Crippen LogP contribution in [0.2, 0.25) is 0 Å². The Kier molecular flexibility index (Phi) is 3.88. The van der Waals surface area contributed by atoms with Gasteiger partial charge in [0, 0.05) is 30.6 Å². The highest BCUT2D eigenvalue weighted by Gasteiger charge is 2.24. The van der Waals surface area contributed by atoms with Gasteiger partial charge >= 0.3 is 5.97 Å². The summed E-state index contributed by atoms with van der Waals surface area (Å²) < 4.78 is 1.44. The number of aliphatic carboxylic acids is 1. The molecule has 0 spiro atoms. The molecule has 0 saturated carbocycles. The summed E-state index contributed by atoms with van der Waals surface area (Å²) in [6.07, 6.45) is 4.28. The number of carboxylic acids is 1. The Balaban J connectivity index is 2.18. The maximum absolute atomic E-state index is 12.0. The van der Waals surface area contributed by atoms with Crippen LogP contribution in [0.1, 0.15) is 39.4 Å². The summed E-state index contributed by atoms with van der Waals surface area (Å²) in [5.74, 6) is -2.00. The van der Waals surface area contributed by atoms with E-state index in [4.69, 9.17) is 0 Å². The van der Waals surface area contributed by atoms with Crippen LogP contribution in [0, 0.1) is 0 Å². The molecule has 0 aliphatic carbocycles. The molecule has 0 radical (unpaired) electrons. The predicted molar refractivity (Wildman–Crippen MR) is 71.8 cm³/mol. The lowest BCUT2D eigenvalue weighted by Gasteiger charge is -2.11. The third-order valence-electron chi connectivity index (χ3n) is 2.91. The third kappa shape index (κ3) is 3.16. The Morgan fingerprint density at radius 3 is 2.62 bits per heavy atom. The van der Waals surface area contributed by atoms with Crippen molar-refractivity contribution in [2.45, 2.75) is 13.0 Å². The Hall–Kier alpha value is -2.90. The van der Waals surface area contributed by atoms with E-state index in [9.17, 15) is 19.5 Å². The van der Waals surface area contributed by atoms with Crippen LogP contribution < -0.4 is 5.32 Å². The Labute approximate surface area is 119 Å². The fraction of sp³-hybridized carbons (Fsp3) is 0.231. The van der Waals surface area contributed by atoms with Crippen LogP contribution in [0.4, 0.5) is 0 Å². The molecule has 2 heterocycles. The molecule has 0 saturated heterocycles. The molecule has 0 aliphatic heterocycles. The van der Waals surface area contributed by atoms with Gasteiger partial charge < -0.3 is 15.4 Å². The largest absolute Gasteiger partial charge is 0.479 e. The molecule has 21 heavy (non-hydrogen) atoms. The highest BCUT2D eigenvalue weighted by Crippen LogP contribution is 2.13. The van der Waals surface area contributed by atoms with E-state index in [-0.39, 0.29) is 11.5 Å². The number of H-pyrrole nitrogens is 1. The van der Waals surface area contributed by atoms with Crippen LogP contribution in [0.5, 0.6) is 0 Å². The van der Waals surface area contributed by atoms with Gasteiger partial charge in [0.1, 0.15) is 5.69 Å². The summed E-state index contributed by atoms with van der Waals surface area (Å²) >= 11 is 0. The number of nitrogens with one attached hydrogen (secondary N) is 2. The number of carboxylic acid groups (broad SMARTS) is 1. The van der Waals surface area contributed by atoms with E-state index in [1.54, 1.807) is 7.05 Å². The van der Waals surface area contributed by atoms with Crippen LogP contribution in [-0.4, -0.2) is 37.5 Å². The lowest BCUT2D eigenvalue weighted by molar-refractivity contribution is -0.139. The maximum Gasteiger partial charge on any atom is 0.331 e. The van der Waals surface area contributed by atoms with Crippen molar-refractivity contribution in [1.82, 2.24) is 20.1 Å². The summed E-state index contributed by atoms with van der Waals surface area (Å²) in [6, 6.07) is 0.162. The fourth-order valence-corrected chi connectivity index (χ4v) is 1.81. The highest BCUT2D eigenvalue weighted by molar-refractivity contribution is 6.00. The zero-order valence-corrected chi connectivity index (χ0v) is 11.5. The minimum atomic E-state index is -1.21. The number of amides is 1. The Bertz CT molecular complexity index is 701. The second-order valence-corrected chi connectivity index (χ2v) is 4.55. The number of hydrogen-bond donors (Lipinski definition) is 3. The van der Waals surface area contributed by atoms with E-state index in [0.717, 1.165) is 0 Å². The van der Waals surface area contributed by atoms with E-state index < -0.39 is 17.9 Å². The molecule has 8 nitrogen and oxygen atoms in total. The molecule has 2 rings (SSSR count). The molecule has 0 bridgehead atoms. The van der Waals surface area contributed by atoms with Gasteiger partial charge in [-0.15, -0.1) is 0 Å². The number of rotatable bonds is 5. The molecule has 0 aliphatic rings. The lowest BCUT2D eigenvalue weighted by atomic mass is 10.1. The van der Waals surface area contributed by atoms with Crippen molar-refractivity contribution in [3.8, 4) is 0 Å². The number of aromatic amines is 1. The van der Waals surface area contributed by atoms with E-state index >= 15 is 0 Å². The smallest absolute Gasteiger partial charge is 0.331 e. The van der Waals surface area contributed by atoms with E-state index in [2.05, 4.69) is 15.4 Å². The van der Waals surface area contributed by atoms with Gasteiger partial charge in [0.25, 0.3) is 5.91 Å². The van der Waals surface area contributed by atoms with Gasteiger partial charge in [-0.05, 0) is 13.0 Å². The fourth-order valence-electron chi connectivity index (χ4n) is 1.81. The average molecular weight is 290 g/mol. The summed E-state index contributed by atoms with van der Waals surface area (Å²) in [5, 5.41) is 15.5. The highest BCUT2D eigenvalue weighted by atomic mass is 16.4. The standard InChI is InChI=1S/C13H14N4O4/c1-7(18)8-3-10(14-4-8)12(19)16-11(13(20)21)9-5-15-17(2)6-9/h3-6,11,14H,1-2H3,(H,16,19)(H,20,21). The summed E-state index contributed by atoms with van der Waals surface area (Å²) in [7, 11) is 1.65. The predicted octanol–water partition coefficient (Wildman–Crippen LogP) is 0.506. The molecule has 1 amide bonds. The minimum Gasteiger partial charge on any atom is -0.479 e. The van der Waals surface area contributed by atoms with Crippen molar-refractivity contribution in [1.29, 1.82) is 0 Å². The molecular formula is C13H14N4O4. The van der Waals surface area contributed by atoms with Crippen LogP contribution in [0.25, 0.3) is 0 Å². The van der Waals surface area contributed by atoms with Gasteiger partial charge in [0.2, 0.25) is 0 Å².